The molecule has 0 spiro atoms. The fourth-order valence-electron chi connectivity index (χ4n) is 3.40. The van der Waals surface area contributed by atoms with E-state index in [1.165, 1.54) is 43.1 Å². The zero-order chi connectivity index (χ0) is 22.7. The molecule has 0 atom stereocenters. The van der Waals surface area contributed by atoms with Crippen molar-refractivity contribution < 1.29 is 27.1 Å². The lowest BCUT2D eigenvalue weighted by atomic mass is 10.0. The summed E-state index contributed by atoms with van der Waals surface area (Å²) in [6.45, 7) is 0. The lowest BCUT2D eigenvalue weighted by molar-refractivity contribution is -0.276. The van der Waals surface area contributed by atoms with Crippen molar-refractivity contribution in [1.82, 2.24) is 15.0 Å². The van der Waals surface area contributed by atoms with Gasteiger partial charge in [0, 0.05) is 47.6 Å². The van der Waals surface area contributed by atoms with E-state index in [4.69, 9.17) is 10.2 Å². The molecule has 3 aromatic rings. The minimum atomic E-state index is -4.83. The van der Waals surface area contributed by atoms with E-state index in [0.717, 1.165) is 42.3 Å². The normalized spacial score (nSPS) is 15.3. The van der Waals surface area contributed by atoms with Gasteiger partial charge in [-0.3, -0.25) is 9.78 Å². The number of hydrogen-bond acceptors (Lipinski definition) is 6. The largest absolute Gasteiger partial charge is 0.574 e. The number of aryl methyl sites for hydroxylation is 2. The molecule has 0 aliphatic heterocycles. The number of alkyl halides is 3. The average molecular weight is 446 g/mol. The molecule has 10 heteroatoms. The number of hydrogen-bond donors (Lipinski definition) is 1. The number of carbonyl (C=O) groups is 1. The number of aromatic nitrogens is 3. The molecule has 0 bridgehead atoms. The smallest absolute Gasteiger partial charge is 0.441 e. The quantitative estimate of drug-likeness (QED) is 0.630. The molecule has 7 nitrogen and oxygen atoms in total. The molecule has 32 heavy (non-hydrogen) atoms. The van der Waals surface area contributed by atoms with Crippen molar-refractivity contribution in [2.24, 2.45) is 5.73 Å². The summed E-state index contributed by atoms with van der Waals surface area (Å²) in [4.78, 5) is 22.9. The van der Waals surface area contributed by atoms with Gasteiger partial charge in [0.15, 0.2) is 0 Å². The van der Waals surface area contributed by atoms with Gasteiger partial charge in [-0.25, -0.2) is 9.97 Å². The molecule has 1 saturated carbocycles. The number of rotatable bonds is 4. The van der Waals surface area contributed by atoms with Crippen LogP contribution in [0.15, 0.2) is 41.1 Å². The molecule has 0 aromatic carbocycles. The molecule has 0 saturated heterocycles. The highest BCUT2D eigenvalue weighted by atomic mass is 19.4. The summed E-state index contributed by atoms with van der Waals surface area (Å²) < 4.78 is 44.5. The van der Waals surface area contributed by atoms with Gasteiger partial charge in [-0.05, 0) is 50.3 Å². The van der Waals surface area contributed by atoms with Crippen molar-refractivity contribution in [3.05, 3.63) is 59.4 Å². The first-order chi connectivity index (χ1) is 15.3. The Morgan fingerprint density at radius 1 is 1.09 bits per heavy atom. The van der Waals surface area contributed by atoms with Gasteiger partial charge in [0.25, 0.3) is 0 Å². The Bertz CT molecular complexity index is 1090. The Kier molecular flexibility index (Phi) is 6.11. The molecule has 2 aliphatic rings. The zero-order valence-electron chi connectivity index (χ0n) is 17.1. The van der Waals surface area contributed by atoms with Crippen LogP contribution in [0.1, 0.15) is 59.1 Å². The first-order valence-electron chi connectivity index (χ1n) is 10.2. The van der Waals surface area contributed by atoms with E-state index in [1.54, 1.807) is 0 Å². The van der Waals surface area contributed by atoms with Crippen molar-refractivity contribution in [2.45, 2.75) is 50.8 Å². The van der Waals surface area contributed by atoms with Crippen molar-refractivity contribution in [2.75, 3.05) is 0 Å². The van der Waals surface area contributed by atoms with Crippen LogP contribution < -0.4 is 10.5 Å². The molecular weight excluding hydrogens is 425 g/mol. The predicted molar refractivity (Wildman–Crippen MR) is 108 cm³/mol. The number of fused-ring (bicyclic) bond motifs is 1. The predicted octanol–water partition coefficient (Wildman–Crippen LogP) is 4.57. The van der Waals surface area contributed by atoms with E-state index in [0.29, 0.717) is 5.92 Å². The fourth-order valence-corrected chi connectivity index (χ4v) is 3.40. The summed E-state index contributed by atoms with van der Waals surface area (Å²) in [5, 5.41) is 0. The SMILES string of the molecule is NC(=O)c1ccnc(OC(F)(F)F)c1.c1cc(-c2nc3c(o2)CCCC3)cc(C2CC2)n1. The van der Waals surface area contributed by atoms with Crippen LogP contribution in [-0.2, 0) is 12.8 Å². The topological polar surface area (TPSA) is 104 Å². The third-order valence-electron chi connectivity index (χ3n) is 5.11. The molecule has 2 N–H and O–H groups in total. The molecule has 3 aromatic heterocycles. The van der Waals surface area contributed by atoms with Crippen LogP contribution in [0.4, 0.5) is 13.2 Å². The second-order valence-electron chi connectivity index (χ2n) is 7.63. The molecule has 0 unspecified atom stereocenters. The van der Waals surface area contributed by atoms with Gasteiger partial charge in [-0.2, -0.15) is 0 Å². The van der Waals surface area contributed by atoms with E-state index in [1.807, 2.05) is 12.3 Å². The Balaban J connectivity index is 0.000000159. The molecular formula is C22H21F3N4O3. The first kappa shape index (κ1) is 21.8. The van der Waals surface area contributed by atoms with E-state index < -0.39 is 18.1 Å². The zero-order valence-corrected chi connectivity index (χ0v) is 17.1. The fraction of sp³-hybridized carbons (Fsp3) is 0.364. The number of ether oxygens (including phenoxy) is 1. The lowest BCUT2D eigenvalue weighted by Gasteiger charge is -2.07. The number of oxazole rings is 1. The standard InChI is InChI=1S/C15H16N2O.C7H5F3N2O2/c1-2-4-14-12(3-1)17-15(18-14)11-7-8-16-13(9-11)10-5-6-10;8-7(9,10)14-5-3-4(6(11)13)1-2-12-5/h7-10H,1-6H2;1-3H,(H2,11,13). The van der Waals surface area contributed by atoms with Gasteiger partial charge in [0.1, 0.15) is 5.76 Å². The lowest BCUT2D eigenvalue weighted by Crippen LogP contribution is -2.18. The van der Waals surface area contributed by atoms with Crippen LogP contribution in [0, 0.1) is 0 Å². The number of pyridine rings is 2. The number of primary amides is 1. The highest BCUT2D eigenvalue weighted by Gasteiger charge is 2.32. The van der Waals surface area contributed by atoms with Crippen LogP contribution in [0.2, 0.25) is 0 Å². The second kappa shape index (κ2) is 8.97. The highest BCUT2D eigenvalue weighted by Crippen LogP contribution is 2.40. The summed E-state index contributed by atoms with van der Waals surface area (Å²) in [7, 11) is 0. The Morgan fingerprint density at radius 3 is 2.53 bits per heavy atom. The molecule has 1 amide bonds. The molecule has 2 aliphatic carbocycles. The highest BCUT2D eigenvalue weighted by molar-refractivity contribution is 5.92. The van der Waals surface area contributed by atoms with Gasteiger partial charge in [0.2, 0.25) is 17.7 Å². The summed E-state index contributed by atoms with van der Waals surface area (Å²) in [6.07, 6.45) is 5.18. The second-order valence-corrected chi connectivity index (χ2v) is 7.63. The van der Waals surface area contributed by atoms with Crippen LogP contribution in [0.25, 0.3) is 11.5 Å². The van der Waals surface area contributed by atoms with Crippen LogP contribution in [0.3, 0.4) is 0 Å². The maximum absolute atomic E-state index is 11.7. The van der Waals surface area contributed by atoms with E-state index in [-0.39, 0.29) is 5.56 Å². The number of carbonyl (C=O) groups excluding carboxylic acids is 1. The van der Waals surface area contributed by atoms with Crippen LogP contribution in [0.5, 0.6) is 5.88 Å². The first-order valence-corrected chi connectivity index (χ1v) is 10.2. The monoisotopic (exact) mass is 446 g/mol. The maximum atomic E-state index is 11.7. The van der Waals surface area contributed by atoms with Crippen molar-refractivity contribution in [3.63, 3.8) is 0 Å². The van der Waals surface area contributed by atoms with E-state index in [2.05, 4.69) is 25.8 Å². The minimum absolute atomic E-state index is 0.0979. The Labute approximate surface area is 181 Å². The van der Waals surface area contributed by atoms with Gasteiger partial charge in [-0.15, -0.1) is 13.2 Å². The Morgan fingerprint density at radius 2 is 1.84 bits per heavy atom. The molecule has 1 fully saturated rings. The minimum Gasteiger partial charge on any atom is -0.441 e. The van der Waals surface area contributed by atoms with E-state index in [9.17, 15) is 18.0 Å². The maximum Gasteiger partial charge on any atom is 0.574 e. The third-order valence-corrected chi connectivity index (χ3v) is 5.11. The number of amides is 1. The molecule has 0 radical (unpaired) electrons. The molecule has 3 heterocycles. The van der Waals surface area contributed by atoms with Gasteiger partial charge >= 0.3 is 6.36 Å². The number of halogens is 3. The van der Waals surface area contributed by atoms with Crippen molar-refractivity contribution in [3.8, 4) is 17.3 Å². The number of nitrogens with zero attached hydrogens (tertiary/aromatic N) is 3. The Hall–Kier alpha value is -3.43. The third kappa shape index (κ3) is 5.63. The van der Waals surface area contributed by atoms with Crippen LogP contribution >= 0.6 is 0 Å². The van der Waals surface area contributed by atoms with E-state index >= 15 is 0 Å². The van der Waals surface area contributed by atoms with Crippen LogP contribution in [-0.4, -0.2) is 27.2 Å². The summed E-state index contributed by atoms with van der Waals surface area (Å²) in [6, 6.07) is 6.15. The molecule has 168 valence electrons. The summed E-state index contributed by atoms with van der Waals surface area (Å²) >= 11 is 0. The van der Waals surface area contributed by atoms with Crippen molar-refractivity contribution in [1.29, 1.82) is 0 Å². The molecule has 5 rings (SSSR count). The van der Waals surface area contributed by atoms with Gasteiger partial charge < -0.3 is 14.9 Å². The van der Waals surface area contributed by atoms with Crippen molar-refractivity contribution >= 4 is 5.91 Å². The van der Waals surface area contributed by atoms with Gasteiger partial charge in [0.05, 0.1) is 5.69 Å². The summed E-state index contributed by atoms with van der Waals surface area (Å²) in [5.74, 6) is 0.995. The summed E-state index contributed by atoms with van der Waals surface area (Å²) in [5.41, 5.74) is 8.19. The average Bonchev–Trinajstić information content (AvgIpc) is 3.52. The van der Waals surface area contributed by atoms with Gasteiger partial charge in [-0.1, -0.05) is 0 Å². The number of nitrogens with two attached hydrogens (primary N) is 1.